The lowest BCUT2D eigenvalue weighted by Gasteiger charge is -2.29. The summed E-state index contributed by atoms with van der Waals surface area (Å²) in [7, 11) is 0. The van der Waals surface area contributed by atoms with Gasteiger partial charge in [-0.05, 0) is 25.8 Å². The standard InChI is InChI=1S/C15H20N2O4/c1-10-15(2,8-9-21-10)17-14(20)16-12(13(18)19)11-6-4-3-5-7-11/h3-7,10,12H,8-9H2,1-2H3,(H,18,19)(H2,16,17,20). The highest BCUT2D eigenvalue weighted by Gasteiger charge is 2.38. The topological polar surface area (TPSA) is 87.7 Å². The molecule has 1 aliphatic rings. The average molecular weight is 292 g/mol. The minimum absolute atomic E-state index is 0.108. The SMILES string of the molecule is CC1OCCC1(C)NC(=O)NC(C(=O)O)c1ccccc1. The van der Waals surface area contributed by atoms with Crippen LogP contribution in [-0.4, -0.2) is 35.4 Å². The summed E-state index contributed by atoms with van der Waals surface area (Å²) in [6, 6.07) is 7.02. The molecule has 1 saturated heterocycles. The summed E-state index contributed by atoms with van der Waals surface area (Å²) in [6.45, 7) is 4.36. The Kier molecular flexibility index (Phi) is 4.47. The predicted octanol–water partition coefficient (Wildman–Crippen LogP) is 1.68. The third kappa shape index (κ3) is 3.52. The van der Waals surface area contributed by atoms with Crippen molar-refractivity contribution < 1.29 is 19.4 Å². The number of carbonyl (C=O) groups excluding carboxylic acids is 1. The first-order valence-electron chi connectivity index (χ1n) is 6.90. The van der Waals surface area contributed by atoms with Crippen molar-refractivity contribution in [3.8, 4) is 0 Å². The molecule has 6 nitrogen and oxygen atoms in total. The first-order chi connectivity index (χ1) is 9.92. The maximum Gasteiger partial charge on any atom is 0.330 e. The van der Waals surface area contributed by atoms with Crippen LogP contribution < -0.4 is 10.6 Å². The molecule has 1 aromatic carbocycles. The molecule has 114 valence electrons. The maximum absolute atomic E-state index is 12.1. The van der Waals surface area contributed by atoms with Crippen LogP contribution in [0, 0.1) is 0 Å². The van der Waals surface area contributed by atoms with E-state index in [2.05, 4.69) is 10.6 Å². The number of hydrogen-bond acceptors (Lipinski definition) is 3. The van der Waals surface area contributed by atoms with Gasteiger partial charge in [-0.3, -0.25) is 0 Å². The Morgan fingerprint density at radius 1 is 1.38 bits per heavy atom. The molecule has 0 bridgehead atoms. The fraction of sp³-hybridized carbons (Fsp3) is 0.467. The molecular weight excluding hydrogens is 272 g/mol. The lowest BCUT2D eigenvalue weighted by atomic mass is 9.95. The van der Waals surface area contributed by atoms with Crippen LogP contribution in [0.4, 0.5) is 4.79 Å². The second kappa shape index (κ2) is 6.13. The van der Waals surface area contributed by atoms with E-state index in [0.29, 0.717) is 18.6 Å². The number of carbonyl (C=O) groups is 2. The lowest BCUT2D eigenvalue weighted by molar-refractivity contribution is -0.139. The van der Waals surface area contributed by atoms with Crippen LogP contribution in [0.3, 0.4) is 0 Å². The number of carboxylic acids is 1. The van der Waals surface area contributed by atoms with Crippen LogP contribution in [0.1, 0.15) is 31.9 Å². The third-order valence-electron chi connectivity index (χ3n) is 3.94. The van der Waals surface area contributed by atoms with Gasteiger partial charge < -0.3 is 20.5 Å². The molecule has 0 aromatic heterocycles. The number of nitrogens with one attached hydrogen (secondary N) is 2. The van der Waals surface area contributed by atoms with E-state index in [4.69, 9.17) is 4.74 Å². The summed E-state index contributed by atoms with van der Waals surface area (Å²) < 4.78 is 5.45. The van der Waals surface area contributed by atoms with Gasteiger partial charge in [-0.15, -0.1) is 0 Å². The van der Waals surface area contributed by atoms with Gasteiger partial charge in [-0.25, -0.2) is 9.59 Å². The summed E-state index contributed by atoms with van der Waals surface area (Å²) in [5, 5.41) is 14.6. The van der Waals surface area contributed by atoms with Crippen molar-refractivity contribution >= 4 is 12.0 Å². The van der Waals surface area contributed by atoms with Crippen LogP contribution in [0.15, 0.2) is 30.3 Å². The van der Waals surface area contributed by atoms with Crippen molar-refractivity contribution in [2.75, 3.05) is 6.61 Å². The van der Waals surface area contributed by atoms with Gasteiger partial charge in [0.05, 0.1) is 11.6 Å². The molecule has 0 aliphatic carbocycles. The minimum Gasteiger partial charge on any atom is -0.479 e. The zero-order valence-electron chi connectivity index (χ0n) is 12.1. The molecule has 1 fully saturated rings. The zero-order valence-corrected chi connectivity index (χ0v) is 12.1. The molecule has 3 N–H and O–H groups in total. The van der Waals surface area contributed by atoms with Crippen LogP contribution in [0.25, 0.3) is 0 Å². The summed E-state index contributed by atoms with van der Waals surface area (Å²) in [4.78, 5) is 23.4. The van der Waals surface area contributed by atoms with Crippen molar-refractivity contribution in [2.24, 2.45) is 0 Å². The number of rotatable bonds is 4. The van der Waals surface area contributed by atoms with Gasteiger partial charge in [0.1, 0.15) is 0 Å². The number of carboxylic acid groups (broad SMARTS) is 1. The fourth-order valence-electron chi connectivity index (χ4n) is 2.36. The molecule has 1 heterocycles. The molecule has 3 unspecified atom stereocenters. The minimum atomic E-state index is -1.10. The first kappa shape index (κ1) is 15.3. The zero-order chi connectivity index (χ0) is 15.5. The molecule has 6 heteroatoms. The molecule has 2 amide bonds. The summed E-state index contributed by atoms with van der Waals surface area (Å²) in [5.74, 6) is -1.10. The summed E-state index contributed by atoms with van der Waals surface area (Å²) in [5.41, 5.74) is 0.0464. The fourth-order valence-corrected chi connectivity index (χ4v) is 2.36. The van der Waals surface area contributed by atoms with E-state index in [1.54, 1.807) is 30.3 Å². The highest BCUT2D eigenvalue weighted by molar-refractivity contribution is 5.84. The van der Waals surface area contributed by atoms with Crippen molar-refractivity contribution in [1.82, 2.24) is 10.6 Å². The monoisotopic (exact) mass is 292 g/mol. The normalized spacial score (nSPS) is 26.1. The molecule has 2 rings (SSSR count). The van der Waals surface area contributed by atoms with Gasteiger partial charge in [0.2, 0.25) is 0 Å². The summed E-state index contributed by atoms with van der Waals surface area (Å²) >= 11 is 0. The molecule has 3 atom stereocenters. The largest absolute Gasteiger partial charge is 0.479 e. The first-order valence-corrected chi connectivity index (χ1v) is 6.90. The Balaban J connectivity index is 2.04. The third-order valence-corrected chi connectivity index (χ3v) is 3.94. The number of benzene rings is 1. The predicted molar refractivity (Wildman–Crippen MR) is 76.9 cm³/mol. The summed E-state index contributed by atoms with van der Waals surface area (Å²) in [6.07, 6.45) is 0.591. The Morgan fingerprint density at radius 3 is 2.57 bits per heavy atom. The van der Waals surface area contributed by atoms with Gasteiger partial charge in [0.15, 0.2) is 6.04 Å². The van der Waals surface area contributed by atoms with Crippen molar-refractivity contribution in [3.05, 3.63) is 35.9 Å². The lowest BCUT2D eigenvalue weighted by Crippen LogP contribution is -2.55. The smallest absolute Gasteiger partial charge is 0.330 e. The molecule has 1 aromatic rings. The van der Waals surface area contributed by atoms with Crippen molar-refractivity contribution in [3.63, 3.8) is 0 Å². The Morgan fingerprint density at radius 2 is 2.05 bits per heavy atom. The highest BCUT2D eigenvalue weighted by atomic mass is 16.5. The second-order valence-electron chi connectivity index (χ2n) is 5.46. The van der Waals surface area contributed by atoms with Gasteiger partial charge in [-0.2, -0.15) is 0 Å². The van der Waals surface area contributed by atoms with Crippen LogP contribution >= 0.6 is 0 Å². The van der Waals surface area contributed by atoms with Gasteiger partial charge in [-0.1, -0.05) is 30.3 Å². The number of ether oxygens (including phenoxy) is 1. The Bertz CT molecular complexity index is 520. The molecule has 21 heavy (non-hydrogen) atoms. The molecule has 0 radical (unpaired) electrons. The average Bonchev–Trinajstić information content (AvgIpc) is 2.76. The van der Waals surface area contributed by atoms with E-state index < -0.39 is 23.6 Å². The van der Waals surface area contributed by atoms with Gasteiger partial charge in [0.25, 0.3) is 0 Å². The number of aliphatic carboxylic acids is 1. The van der Waals surface area contributed by atoms with E-state index in [1.807, 2.05) is 13.8 Å². The molecule has 1 aliphatic heterocycles. The maximum atomic E-state index is 12.1. The van der Waals surface area contributed by atoms with E-state index in [-0.39, 0.29) is 6.10 Å². The van der Waals surface area contributed by atoms with Gasteiger partial charge in [0, 0.05) is 6.61 Å². The van der Waals surface area contributed by atoms with Crippen LogP contribution in [0.2, 0.25) is 0 Å². The number of hydrogen-bond donors (Lipinski definition) is 3. The Labute approximate surface area is 123 Å². The van der Waals surface area contributed by atoms with E-state index >= 15 is 0 Å². The molecular formula is C15H20N2O4. The van der Waals surface area contributed by atoms with Crippen molar-refractivity contribution in [2.45, 2.75) is 38.0 Å². The van der Waals surface area contributed by atoms with E-state index in [1.165, 1.54) is 0 Å². The van der Waals surface area contributed by atoms with Crippen LogP contribution in [0.5, 0.6) is 0 Å². The van der Waals surface area contributed by atoms with Crippen molar-refractivity contribution in [1.29, 1.82) is 0 Å². The van der Waals surface area contributed by atoms with Crippen LogP contribution in [-0.2, 0) is 9.53 Å². The quantitative estimate of drug-likeness (QED) is 0.788. The number of urea groups is 1. The molecule has 0 saturated carbocycles. The van der Waals surface area contributed by atoms with E-state index in [9.17, 15) is 14.7 Å². The Hall–Kier alpha value is -2.08. The number of amides is 2. The highest BCUT2D eigenvalue weighted by Crippen LogP contribution is 2.25. The van der Waals surface area contributed by atoms with Gasteiger partial charge >= 0.3 is 12.0 Å². The van der Waals surface area contributed by atoms with E-state index in [0.717, 1.165) is 0 Å². The second-order valence-corrected chi connectivity index (χ2v) is 5.46. The molecule has 0 spiro atoms.